The molecule has 0 bridgehead atoms. The van der Waals surface area contributed by atoms with E-state index in [0.717, 1.165) is 6.07 Å². The standard InChI is InChI=1S/C10H11F3N6/c1-14-9-17-7(10(11,12)13)3-8(18-9)16-6-4-15-19(2)5-6/h3-5H,1-2H3,(H2,14,16,17,18). The van der Waals surface area contributed by atoms with Crippen molar-refractivity contribution in [1.29, 1.82) is 0 Å². The van der Waals surface area contributed by atoms with Crippen LogP contribution in [0.15, 0.2) is 18.5 Å². The number of halogens is 3. The van der Waals surface area contributed by atoms with E-state index in [0.29, 0.717) is 5.69 Å². The fourth-order valence-electron chi connectivity index (χ4n) is 1.40. The van der Waals surface area contributed by atoms with Gasteiger partial charge in [0.1, 0.15) is 5.82 Å². The van der Waals surface area contributed by atoms with E-state index in [1.54, 1.807) is 13.2 Å². The van der Waals surface area contributed by atoms with Crippen LogP contribution in [0.5, 0.6) is 0 Å². The van der Waals surface area contributed by atoms with Gasteiger partial charge in [0.25, 0.3) is 0 Å². The average Bonchev–Trinajstić information content (AvgIpc) is 2.73. The molecule has 0 unspecified atom stereocenters. The highest BCUT2D eigenvalue weighted by Crippen LogP contribution is 2.30. The van der Waals surface area contributed by atoms with E-state index >= 15 is 0 Å². The Hall–Kier alpha value is -2.32. The lowest BCUT2D eigenvalue weighted by atomic mass is 10.3. The van der Waals surface area contributed by atoms with Gasteiger partial charge in [0.2, 0.25) is 5.95 Å². The van der Waals surface area contributed by atoms with Crippen LogP contribution in [0.3, 0.4) is 0 Å². The molecule has 0 radical (unpaired) electrons. The van der Waals surface area contributed by atoms with Crippen molar-refractivity contribution in [2.75, 3.05) is 17.7 Å². The predicted molar refractivity (Wildman–Crippen MR) is 63.1 cm³/mol. The van der Waals surface area contributed by atoms with Crippen LogP contribution in [0.4, 0.5) is 30.6 Å². The number of nitrogens with zero attached hydrogens (tertiary/aromatic N) is 4. The van der Waals surface area contributed by atoms with Crippen molar-refractivity contribution in [3.63, 3.8) is 0 Å². The third-order valence-corrected chi connectivity index (χ3v) is 2.22. The molecule has 19 heavy (non-hydrogen) atoms. The third-order valence-electron chi connectivity index (χ3n) is 2.22. The number of aromatic nitrogens is 4. The Morgan fingerprint density at radius 3 is 2.53 bits per heavy atom. The Bertz CT molecular complexity index is 577. The molecule has 0 saturated carbocycles. The highest BCUT2D eigenvalue weighted by atomic mass is 19.4. The van der Waals surface area contributed by atoms with E-state index < -0.39 is 11.9 Å². The zero-order valence-corrected chi connectivity index (χ0v) is 10.2. The number of nitrogens with one attached hydrogen (secondary N) is 2. The first-order chi connectivity index (χ1) is 8.88. The van der Waals surface area contributed by atoms with Crippen LogP contribution in [0.25, 0.3) is 0 Å². The summed E-state index contributed by atoms with van der Waals surface area (Å²) in [6.07, 6.45) is -1.43. The van der Waals surface area contributed by atoms with Crippen molar-refractivity contribution in [2.45, 2.75) is 6.18 Å². The maximum absolute atomic E-state index is 12.7. The molecule has 102 valence electrons. The van der Waals surface area contributed by atoms with Crippen LogP contribution >= 0.6 is 0 Å². The van der Waals surface area contributed by atoms with Crippen LogP contribution in [-0.2, 0) is 13.2 Å². The van der Waals surface area contributed by atoms with E-state index in [1.807, 2.05) is 0 Å². The number of hydrogen-bond donors (Lipinski definition) is 2. The monoisotopic (exact) mass is 272 g/mol. The normalized spacial score (nSPS) is 11.4. The highest BCUT2D eigenvalue weighted by molar-refractivity contribution is 5.56. The van der Waals surface area contributed by atoms with E-state index in [-0.39, 0.29) is 11.8 Å². The second kappa shape index (κ2) is 4.75. The van der Waals surface area contributed by atoms with Crippen molar-refractivity contribution >= 4 is 17.5 Å². The number of hydrogen-bond acceptors (Lipinski definition) is 5. The Morgan fingerprint density at radius 2 is 2.00 bits per heavy atom. The number of rotatable bonds is 3. The van der Waals surface area contributed by atoms with E-state index in [1.165, 1.54) is 17.9 Å². The molecule has 0 aliphatic carbocycles. The van der Waals surface area contributed by atoms with Gasteiger partial charge in [0, 0.05) is 26.4 Å². The molecule has 0 fully saturated rings. The topological polar surface area (TPSA) is 67.7 Å². The van der Waals surface area contributed by atoms with Gasteiger partial charge in [-0.3, -0.25) is 4.68 Å². The fourth-order valence-corrected chi connectivity index (χ4v) is 1.40. The molecular formula is C10H11F3N6. The first-order valence-electron chi connectivity index (χ1n) is 5.28. The lowest BCUT2D eigenvalue weighted by molar-refractivity contribution is -0.141. The molecule has 0 atom stereocenters. The summed E-state index contributed by atoms with van der Waals surface area (Å²) in [5.41, 5.74) is -0.477. The predicted octanol–water partition coefficient (Wildman–Crippen LogP) is 2.01. The molecule has 9 heteroatoms. The van der Waals surface area contributed by atoms with Gasteiger partial charge < -0.3 is 10.6 Å². The highest BCUT2D eigenvalue weighted by Gasteiger charge is 2.33. The van der Waals surface area contributed by atoms with Gasteiger partial charge in [0.15, 0.2) is 5.69 Å². The van der Waals surface area contributed by atoms with E-state index in [2.05, 4.69) is 25.7 Å². The third kappa shape index (κ3) is 3.12. The molecule has 2 aromatic heterocycles. The summed E-state index contributed by atoms with van der Waals surface area (Å²) in [6.45, 7) is 0. The zero-order chi connectivity index (χ0) is 14.0. The molecule has 2 heterocycles. The molecule has 0 amide bonds. The van der Waals surface area contributed by atoms with Crippen LogP contribution in [0.2, 0.25) is 0 Å². The SMILES string of the molecule is CNc1nc(Nc2cnn(C)c2)cc(C(F)(F)F)n1. The average molecular weight is 272 g/mol. The van der Waals surface area contributed by atoms with Crippen molar-refractivity contribution in [2.24, 2.45) is 7.05 Å². The largest absolute Gasteiger partial charge is 0.433 e. The van der Waals surface area contributed by atoms with E-state index in [9.17, 15) is 13.2 Å². The van der Waals surface area contributed by atoms with Crippen molar-refractivity contribution in [3.05, 3.63) is 24.2 Å². The molecule has 2 N–H and O–H groups in total. The van der Waals surface area contributed by atoms with Gasteiger partial charge in [-0.05, 0) is 0 Å². The van der Waals surface area contributed by atoms with Crippen LogP contribution in [0.1, 0.15) is 5.69 Å². The van der Waals surface area contributed by atoms with Crippen molar-refractivity contribution in [3.8, 4) is 0 Å². The first kappa shape index (κ1) is 13.1. The van der Waals surface area contributed by atoms with Gasteiger partial charge in [0.05, 0.1) is 11.9 Å². The van der Waals surface area contributed by atoms with Crippen molar-refractivity contribution in [1.82, 2.24) is 19.7 Å². The number of anilines is 3. The minimum Gasteiger partial charge on any atom is -0.357 e. The summed E-state index contributed by atoms with van der Waals surface area (Å²) in [4.78, 5) is 7.26. The minimum atomic E-state index is -4.53. The Labute approximate surface area is 106 Å². The van der Waals surface area contributed by atoms with Crippen LogP contribution in [0, 0.1) is 0 Å². The molecule has 6 nitrogen and oxygen atoms in total. The summed E-state index contributed by atoms with van der Waals surface area (Å²) < 4.78 is 39.5. The molecule has 0 aliphatic heterocycles. The Balaban J connectivity index is 2.34. The summed E-state index contributed by atoms with van der Waals surface area (Å²) in [5.74, 6) is -0.0686. The summed E-state index contributed by atoms with van der Waals surface area (Å²) >= 11 is 0. The molecule has 0 saturated heterocycles. The van der Waals surface area contributed by atoms with Gasteiger partial charge in [-0.25, -0.2) is 4.98 Å². The summed E-state index contributed by atoms with van der Waals surface area (Å²) in [5, 5.41) is 9.12. The molecule has 2 rings (SSSR count). The summed E-state index contributed by atoms with van der Waals surface area (Å²) in [6, 6.07) is 0.841. The first-order valence-corrected chi connectivity index (χ1v) is 5.28. The van der Waals surface area contributed by atoms with Gasteiger partial charge in [-0.15, -0.1) is 0 Å². The number of aryl methyl sites for hydroxylation is 1. The van der Waals surface area contributed by atoms with Crippen LogP contribution in [-0.4, -0.2) is 26.8 Å². The molecule has 0 spiro atoms. The van der Waals surface area contributed by atoms with Gasteiger partial charge in [-0.1, -0.05) is 0 Å². The second-order valence-corrected chi connectivity index (χ2v) is 3.74. The summed E-state index contributed by atoms with van der Waals surface area (Å²) in [7, 11) is 3.15. The Morgan fingerprint density at radius 1 is 1.26 bits per heavy atom. The quantitative estimate of drug-likeness (QED) is 0.894. The van der Waals surface area contributed by atoms with Crippen LogP contribution < -0.4 is 10.6 Å². The molecule has 0 aromatic carbocycles. The molecular weight excluding hydrogens is 261 g/mol. The fraction of sp³-hybridized carbons (Fsp3) is 0.300. The molecule has 0 aliphatic rings. The lowest BCUT2D eigenvalue weighted by Crippen LogP contribution is -2.12. The smallest absolute Gasteiger partial charge is 0.357 e. The van der Waals surface area contributed by atoms with E-state index in [4.69, 9.17) is 0 Å². The van der Waals surface area contributed by atoms with Gasteiger partial charge in [-0.2, -0.15) is 23.3 Å². The minimum absolute atomic E-state index is 0.0414. The molecule has 2 aromatic rings. The zero-order valence-electron chi connectivity index (χ0n) is 10.2. The Kier molecular flexibility index (Phi) is 3.28. The maximum Gasteiger partial charge on any atom is 0.433 e. The number of alkyl halides is 3. The second-order valence-electron chi connectivity index (χ2n) is 3.74. The van der Waals surface area contributed by atoms with Crippen molar-refractivity contribution < 1.29 is 13.2 Å². The maximum atomic E-state index is 12.7. The van der Waals surface area contributed by atoms with Gasteiger partial charge >= 0.3 is 6.18 Å². The lowest BCUT2D eigenvalue weighted by Gasteiger charge is -2.10.